The molecule has 0 saturated carbocycles. The molecule has 3 aliphatic heterocycles. The lowest BCUT2D eigenvalue weighted by Crippen LogP contribution is -2.57. The van der Waals surface area contributed by atoms with Gasteiger partial charge in [-0.15, -0.1) is 0 Å². The fraction of sp³-hybridized carbons (Fsp3) is 0.375. The third kappa shape index (κ3) is 2.62. The average Bonchev–Trinajstić information content (AvgIpc) is 3.00. The van der Waals surface area contributed by atoms with Gasteiger partial charge in [-0.3, -0.25) is 14.4 Å². The number of esters is 1. The molecule has 5 rings (SSSR count). The van der Waals surface area contributed by atoms with Crippen molar-refractivity contribution in [3.8, 4) is 5.75 Å². The van der Waals surface area contributed by atoms with E-state index >= 15 is 0 Å². The van der Waals surface area contributed by atoms with Crippen molar-refractivity contribution in [2.75, 3.05) is 18.5 Å². The number of anilines is 1. The number of amides is 2. The third-order valence-electron chi connectivity index (χ3n) is 6.76. The minimum atomic E-state index is -1.42. The van der Waals surface area contributed by atoms with Gasteiger partial charge >= 0.3 is 5.97 Å². The number of rotatable bonds is 2. The lowest BCUT2D eigenvalue weighted by Gasteiger charge is -2.38. The number of para-hydroxylation sites is 1. The first-order valence-electron chi connectivity index (χ1n) is 10.5. The van der Waals surface area contributed by atoms with Gasteiger partial charge in [-0.05, 0) is 39.0 Å². The number of nitrogens with zero attached hydrogens (tertiary/aromatic N) is 1. The molecule has 3 heterocycles. The van der Waals surface area contributed by atoms with Crippen molar-refractivity contribution in [1.82, 2.24) is 4.90 Å². The Labute approximate surface area is 180 Å². The van der Waals surface area contributed by atoms with E-state index in [1.807, 2.05) is 37.3 Å². The summed E-state index contributed by atoms with van der Waals surface area (Å²) in [6.07, 6.45) is 0. The van der Waals surface area contributed by atoms with Crippen LogP contribution in [0.1, 0.15) is 41.4 Å². The highest BCUT2D eigenvalue weighted by Crippen LogP contribution is 2.56. The van der Waals surface area contributed by atoms with E-state index in [9.17, 15) is 14.4 Å². The fourth-order valence-electron chi connectivity index (χ4n) is 5.38. The van der Waals surface area contributed by atoms with E-state index in [4.69, 9.17) is 9.47 Å². The van der Waals surface area contributed by atoms with E-state index in [-0.39, 0.29) is 19.1 Å². The Morgan fingerprint density at radius 3 is 2.81 bits per heavy atom. The predicted molar refractivity (Wildman–Crippen MR) is 113 cm³/mol. The van der Waals surface area contributed by atoms with Crippen molar-refractivity contribution < 1.29 is 23.9 Å². The summed E-state index contributed by atoms with van der Waals surface area (Å²) in [6.45, 7) is 5.71. The van der Waals surface area contributed by atoms with Crippen molar-refractivity contribution in [3.05, 3.63) is 59.2 Å². The van der Waals surface area contributed by atoms with E-state index in [0.717, 1.165) is 11.1 Å². The van der Waals surface area contributed by atoms with Crippen LogP contribution in [0, 0.1) is 18.8 Å². The molecule has 160 valence electrons. The van der Waals surface area contributed by atoms with E-state index in [0.29, 0.717) is 17.0 Å². The van der Waals surface area contributed by atoms with E-state index < -0.39 is 35.3 Å². The van der Waals surface area contributed by atoms with Gasteiger partial charge in [0.15, 0.2) is 0 Å². The summed E-state index contributed by atoms with van der Waals surface area (Å²) in [4.78, 5) is 42.4. The molecule has 4 atom stereocenters. The summed E-state index contributed by atoms with van der Waals surface area (Å²) in [5.41, 5.74) is 1.16. The van der Waals surface area contributed by atoms with Crippen molar-refractivity contribution in [1.29, 1.82) is 0 Å². The molecule has 31 heavy (non-hydrogen) atoms. The lowest BCUT2D eigenvalue weighted by atomic mass is 9.77. The van der Waals surface area contributed by atoms with Gasteiger partial charge in [-0.2, -0.15) is 0 Å². The number of carbonyl (C=O) groups excluding carboxylic acids is 3. The van der Waals surface area contributed by atoms with Gasteiger partial charge in [-0.1, -0.05) is 29.8 Å². The maximum absolute atomic E-state index is 14.0. The highest BCUT2D eigenvalue weighted by atomic mass is 16.5. The van der Waals surface area contributed by atoms with Crippen LogP contribution in [0.4, 0.5) is 5.69 Å². The van der Waals surface area contributed by atoms with Crippen LogP contribution in [0.3, 0.4) is 0 Å². The second-order valence-electron chi connectivity index (χ2n) is 8.51. The summed E-state index contributed by atoms with van der Waals surface area (Å²) >= 11 is 0. The van der Waals surface area contributed by atoms with Crippen LogP contribution >= 0.6 is 0 Å². The summed E-state index contributed by atoms with van der Waals surface area (Å²) in [5.74, 6) is -1.76. The molecule has 7 heteroatoms. The van der Waals surface area contributed by atoms with Gasteiger partial charge in [0.05, 0.1) is 36.4 Å². The van der Waals surface area contributed by atoms with Crippen LogP contribution in [0.25, 0.3) is 0 Å². The van der Waals surface area contributed by atoms with Crippen LogP contribution in [-0.4, -0.2) is 41.4 Å². The number of benzene rings is 2. The SMILES string of the molecule is CCOC(=O)C1C2COc3ccccc3C2N2C(=O)c3cc(C)ccc3NC(=O)[C@@]12C. The third-order valence-corrected chi connectivity index (χ3v) is 6.76. The monoisotopic (exact) mass is 420 g/mol. The number of hydrogen-bond donors (Lipinski definition) is 1. The van der Waals surface area contributed by atoms with Gasteiger partial charge in [0.2, 0.25) is 0 Å². The Bertz CT molecular complexity index is 1110. The smallest absolute Gasteiger partial charge is 0.312 e. The zero-order valence-corrected chi connectivity index (χ0v) is 17.7. The number of hydrogen-bond acceptors (Lipinski definition) is 5. The molecule has 1 saturated heterocycles. The first kappa shape index (κ1) is 19.6. The Kier molecular flexibility index (Phi) is 4.32. The van der Waals surface area contributed by atoms with Gasteiger partial charge in [0.1, 0.15) is 11.3 Å². The highest BCUT2D eigenvalue weighted by molar-refractivity contribution is 6.13. The molecule has 0 spiro atoms. The first-order chi connectivity index (χ1) is 14.9. The lowest BCUT2D eigenvalue weighted by molar-refractivity contribution is -0.155. The number of ether oxygens (including phenoxy) is 2. The summed E-state index contributed by atoms with van der Waals surface area (Å²) in [6, 6.07) is 12.4. The topological polar surface area (TPSA) is 84.9 Å². The molecule has 3 aliphatic rings. The van der Waals surface area contributed by atoms with Crippen molar-refractivity contribution >= 4 is 23.5 Å². The van der Waals surface area contributed by atoms with E-state index in [1.165, 1.54) is 0 Å². The van der Waals surface area contributed by atoms with E-state index in [2.05, 4.69) is 5.32 Å². The zero-order valence-electron chi connectivity index (χ0n) is 17.7. The Balaban J connectivity index is 1.76. The summed E-state index contributed by atoms with van der Waals surface area (Å²) in [7, 11) is 0. The van der Waals surface area contributed by atoms with Crippen LogP contribution in [0.15, 0.2) is 42.5 Å². The second kappa shape index (κ2) is 6.83. The Hall–Kier alpha value is -3.35. The molecule has 7 nitrogen and oxygen atoms in total. The maximum atomic E-state index is 14.0. The minimum Gasteiger partial charge on any atom is -0.493 e. The predicted octanol–water partition coefficient (Wildman–Crippen LogP) is 3.09. The van der Waals surface area contributed by atoms with Gasteiger partial charge in [0.25, 0.3) is 11.8 Å². The minimum absolute atomic E-state index is 0.190. The number of fused-ring (bicyclic) bond motifs is 6. The number of carbonyl (C=O) groups is 3. The molecular formula is C24H24N2O5. The molecule has 3 unspecified atom stereocenters. The standard InChI is InChI=1S/C24H24N2O5/c1-4-30-22(28)19-16-12-31-18-8-6-5-7-14(18)20(16)26-21(27)15-11-13(2)9-10-17(15)25-23(29)24(19,26)3/h5-11,16,19-20H,4,12H2,1-3H3,(H,25,29)/t16?,19?,20?,24-/m1/s1. The molecule has 1 N–H and O–H groups in total. The Morgan fingerprint density at radius 2 is 2.03 bits per heavy atom. The number of aryl methyl sites for hydroxylation is 1. The maximum Gasteiger partial charge on any atom is 0.312 e. The zero-order chi connectivity index (χ0) is 21.9. The quantitative estimate of drug-likeness (QED) is 0.755. The van der Waals surface area contributed by atoms with Gasteiger partial charge < -0.3 is 19.7 Å². The van der Waals surface area contributed by atoms with Crippen molar-refractivity contribution in [3.63, 3.8) is 0 Å². The molecule has 2 aromatic carbocycles. The normalized spacial score (nSPS) is 28.4. The highest BCUT2D eigenvalue weighted by Gasteiger charge is 2.67. The fourth-order valence-corrected chi connectivity index (χ4v) is 5.38. The largest absolute Gasteiger partial charge is 0.493 e. The van der Waals surface area contributed by atoms with Crippen LogP contribution in [-0.2, 0) is 14.3 Å². The van der Waals surface area contributed by atoms with Crippen LogP contribution in [0.5, 0.6) is 5.75 Å². The Morgan fingerprint density at radius 1 is 1.26 bits per heavy atom. The van der Waals surface area contributed by atoms with Crippen molar-refractivity contribution in [2.24, 2.45) is 11.8 Å². The van der Waals surface area contributed by atoms with E-state index in [1.54, 1.807) is 30.9 Å². The molecule has 0 radical (unpaired) electrons. The average molecular weight is 420 g/mol. The van der Waals surface area contributed by atoms with Crippen LogP contribution < -0.4 is 10.1 Å². The first-order valence-corrected chi connectivity index (χ1v) is 10.5. The molecule has 0 bridgehead atoms. The van der Waals surface area contributed by atoms with Gasteiger partial charge in [0, 0.05) is 11.5 Å². The molecule has 0 aliphatic carbocycles. The molecule has 2 aromatic rings. The molecule has 2 amide bonds. The van der Waals surface area contributed by atoms with Crippen molar-refractivity contribution in [2.45, 2.75) is 32.4 Å². The summed E-state index contributed by atoms with van der Waals surface area (Å²) < 4.78 is 11.3. The van der Waals surface area contributed by atoms with Crippen LogP contribution in [0.2, 0.25) is 0 Å². The molecular weight excluding hydrogens is 396 g/mol. The summed E-state index contributed by atoms with van der Waals surface area (Å²) in [5, 5.41) is 2.90. The van der Waals surface area contributed by atoms with Gasteiger partial charge in [-0.25, -0.2) is 0 Å². The number of nitrogens with one attached hydrogen (secondary N) is 1. The second-order valence-corrected chi connectivity index (χ2v) is 8.51. The molecule has 1 fully saturated rings. The molecule has 0 aromatic heterocycles.